The Hall–Kier alpha value is -3.89. The van der Waals surface area contributed by atoms with Crippen molar-refractivity contribution >= 4 is 58.0 Å². The first kappa shape index (κ1) is 24.2. The van der Waals surface area contributed by atoms with Crippen molar-refractivity contribution in [2.24, 2.45) is 0 Å². The molecule has 1 heterocycles. The fraction of sp³-hybridized carbons (Fsp3) is 0.0833. The van der Waals surface area contributed by atoms with Gasteiger partial charge in [-0.3, -0.25) is 24.7 Å². The second kappa shape index (κ2) is 10.2. The molecule has 1 atom stereocenters. The highest BCUT2D eigenvalue weighted by atomic mass is 35.5. The van der Waals surface area contributed by atoms with E-state index in [9.17, 15) is 23.2 Å². The highest BCUT2D eigenvalue weighted by molar-refractivity contribution is 7.80. The zero-order valence-electron chi connectivity index (χ0n) is 17.9. The summed E-state index contributed by atoms with van der Waals surface area (Å²) in [6.07, 6.45) is -0.380. The normalized spacial score (nSPS) is 15.3. The fourth-order valence-electron chi connectivity index (χ4n) is 3.42. The summed E-state index contributed by atoms with van der Waals surface area (Å²) >= 11 is 11.3. The van der Waals surface area contributed by atoms with Crippen LogP contribution in [-0.2, 0) is 9.59 Å². The van der Waals surface area contributed by atoms with Crippen molar-refractivity contribution in [2.75, 3.05) is 10.2 Å². The number of amides is 3. The van der Waals surface area contributed by atoms with E-state index < -0.39 is 35.4 Å². The van der Waals surface area contributed by atoms with Crippen LogP contribution in [0.1, 0.15) is 16.8 Å². The molecule has 3 aromatic carbocycles. The lowest BCUT2D eigenvalue weighted by Crippen LogP contribution is -2.49. The minimum atomic E-state index is -1.19. The number of hydrazine groups is 1. The Morgan fingerprint density at radius 1 is 0.914 bits per heavy atom. The number of halogens is 3. The van der Waals surface area contributed by atoms with E-state index in [1.807, 2.05) is 0 Å². The smallest absolute Gasteiger partial charge is 0.269 e. The zero-order valence-corrected chi connectivity index (χ0v) is 19.4. The molecule has 7 nitrogen and oxygen atoms in total. The van der Waals surface area contributed by atoms with Crippen LogP contribution in [0.5, 0.6) is 0 Å². The Kier molecular flexibility index (Phi) is 7.04. The summed E-state index contributed by atoms with van der Waals surface area (Å²) in [5, 5.41) is 4.05. The Bertz CT molecular complexity index is 1290. The van der Waals surface area contributed by atoms with Crippen LogP contribution in [-0.4, -0.2) is 33.9 Å². The first-order valence-electron chi connectivity index (χ1n) is 10.3. The van der Waals surface area contributed by atoms with Crippen LogP contribution in [0.15, 0.2) is 72.8 Å². The Balaban J connectivity index is 1.59. The van der Waals surface area contributed by atoms with Gasteiger partial charge in [-0.15, -0.1) is 0 Å². The standard InChI is InChI=1S/C24H17ClF2N4O3S/c25-15-3-1-14(2-4-15)22(33)29-31-20(13-21(32)28-18-9-5-16(26)6-10-18)23(34)30(24(31)35)19-11-7-17(27)8-12-19/h1-12,20H,13H2,(H,28,32)(H,29,33)/t20-/m0/s1. The minimum Gasteiger partial charge on any atom is -0.326 e. The van der Waals surface area contributed by atoms with Crippen molar-refractivity contribution in [3.05, 3.63) is 95.0 Å². The molecule has 0 spiro atoms. The summed E-state index contributed by atoms with van der Waals surface area (Å²) in [5.41, 5.74) is 3.43. The van der Waals surface area contributed by atoms with Gasteiger partial charge in [-0.25, -0.2) is 13.8 Å². The van der Waals surface area contributed by atoms with Crippen LogP contribution in [0, 0.1) is 11.6 Å². The van der Waals surface area contributed by atoms with Gasteiger partial charge in [0.15, 0.2) is 0 Å². The first-order valence-corrected chi connectivity index (χ1v) is 11.1. The molecule has 0 unspecified atom stereocenters. The molecule has 1 aliphatic rings. The zero-order chi connectivity index (χ0) is 25.1. The van der Waals surface area contributed by atoms with Crippen LogP contribution in [0.2, 0.25) is 5.02 Å². The monoisotopic (exact) mass is 514 g/mol. The van der Waals surface area contributed by atoms with Crippen molar-refractivity contribution in [1.29, 1.82) is 0 Å². The summed E-state index contributed by atoms with van der Waals surface area (Å²) in [4.78, 5) is 40.0. The van der Waals surface area contributed by atoms with Gasteiger partial charge in [-0.05, 0) is 85.0 Å². The van der Waals surface area contributed by atoms with E-state index in [1.165, 1.54) is 60.7 Å². The molecular formula is C24H17ClF2N4O3S. The molecule has 0 radical (unpaired) electrons. The average molecular weight is 515 g/mol. The Morgan fingerprint density at radius 3 is 2.09 bits per heavy atom. The summed E-state index contributed by atoms with van der Waals surface area (Å²) in [6, 6.07) is 15.0. The molecule has 178 valence electrons. The van der Waals surface area contributed by atoms with Gasteiger partial charge in [0.05, 0.1) is 12.1 Å². The van der Waals surface area contributed by atoms with E-state index in [4.69, 9.17) is 23.8 Å². The minimum absolute atomic E-state index is 0.0940. The largest absolute Gasteiger partial charge is 0.326 e. The molecule has 1 aliphatic heterocycles. The topological polar surface area (TPSA) is 81.8 Å². The number of hydrogen-bond acceptors (Lipinski definition) is 4. The van der Waals surface area contributed by atoms with E-state index >= 15 is 0 Å². The van der Waals surface area contributed by atoms with Crippen molar-refractivity contribution in [3.63, 3.8) is 0 Å². The maximum absolute atomic E-state index is 13.4. The van der Waals surface area contributed by atoms with Crippen LogP contribution >= 0.6 is 23.8 Å². The van der Waals surface area contributed by atoms with Gasteiger partial charge < -0.3 is 5.32 Å². The molecule has 35 heavy (non-hydrogen) atoms. The van der Waals surface area contributed by atoms with Crippen LogP contribution in [0.4, 0.5) is 20.2 Å². The molecule has 2 N–H and O–H groups in total. The van der Waals surface area contributed by atoms with E-state index in [0.29, 0.717) is 10.7 Å². The highest BCUT2D eigenvalue weighted by Crippen LogP contribution is 2.27. The van der Waals surface area contributed by atoms with Crippen LogP contribution in [0.25, 0.3) is 0 Å². The molecule has 0 aromatic heterocycles. The Labute approximate surface area is 209 Å². The molecule has 0 saturated carbocycles. The number of thiocarbonyl (C=S) groups is 1. The molecule has 0 aliphatic carbocycles. The summed E-state index contributed by atoms with van der Waals surface area (Å²) in [5.74, 6) is -2.71. The number of anilines is 2. The number of benzene rings is 3. The molecular weight excluding hydrogens is 498 g/mol. The Morgan fingerprint density at radius 2 is 1.49 bits per heavy atom. The van der Waals surface area contributed by atoms with E-state index in [1.54, 1.807) is 0 Å². The third-order valence-corrected chi connectivity index (χ3v) is 5.77. The van der Waals surface area contributed by atoms with Gasteiger partial charge in [-0.1, -0.05) is 11.6 Å². The van der Waals surface area contributed by atoms with Crippen molar-refractivity contribution < 1.29 is 23.2 Å². The number of rotatable bonds is 6. The van der Waals surface area contributed by atoms with Gasteiger partial charge in [0, 0.05) is 16.3 Å². The second-order valence-corrected chi connectivity index (χ2v) is 8.33. The van der Waals surface area contributed by atoms with Gasteiger partial charge in [0.25, 0.3) is 11.8 Å². The van der Waals surface area contributed by atoms with Gasteiger partial charge in [0.1, 0.15) is 17.7 Å². The number of nitrogens with one attached hydrogen (secondary N) is 2. The predicted molar refractivity (Wildman–Crippen MR) is 131 cm³/mol. The van der Waals surface area contributed by atoms with Gasteiger partial charge in [0.2, 0.25) is 11.0 Å². The second-order valence-electron chi connectivity index (χ2n) is 7.53. The average Bonchev–Trinajstić information content (AvgIpc) is 3.05. The fourth-order valence-corrected chi connectivity index (χ4v) is 3.92. The van der Waals surface area contributed by atoms with E-state index in [2.05, 4.69) is 10.7 Å². The van der Waals surface area contributed by atoms with Crippen molar-refractivity contribution in [2.45, 2.75) is 12.5 Å². The molecule has 0 bridgehead atoms. The maximum atomic E-state index is 13.4. The summed E-state index contributed by atoms with van der Waals surface area (Å²) < 4.78 is 26.6. The maximum Gasteiger partial charge on any atom is 0.269 e. The lowest BCUT2D eigenvalue weighted by atomic mass is 10.1. The molecule has 3 aromatic rings. The van der Waals surface area contributed by atoms with Crippen LogP contribution < -0.4 is 15.6 Å². The van der Waals surface area contributed by atoms with E-state index in [-0.39, 0.29) is 22.8 Å². The predicted octanol–water partition coefficient (Wildman–Crippen LogP) is 4.29. The summed E-state index contributed by atoms with van der Waals surface area (Å²) in [7, 11) is 0. The third kappa shape index (κ3) is 5.44. The third-order valence-electron chi connectivity index (χ3n) is 5.13. The van der Waals surface area contributed by atoms with Gasteiger partial charge >= 0.3 is 0 Å². The quantitative estimate of drug-likeness (QED) is 0.480. The lowest BCUT2D eigenvalue weighted by Gasteiger charge is -2.24. The number of carbonyl (C=O) groups is 3. The molecule has 1 fully saturated rings. The van der Waals surface area contributed by atoms with Gasteiger partial charge in [-0.2, -0.15) is 0 Å². The van der Waals surface area contributed by atoms with Crippen LogP contribution in [0.3, 0.4) is 0 Å². The molecule has 4 rings (SSSR count). The van der Waals surface area contributed by atoms with Crippen molar-refractivity contribution in [1.82, 2.24) is 10.4 Å². The lowest BCUT2D eigenvalue weighted by molar-refractivity contribution is -0.124. The van der Waals surface area contributed by atoms with Crippen molar-refractivity contribution in [3.8, 4) is 0 Å². The van der Waals surface area contributed by atoms with E-state index in [0.717, 1.165) is 22.0 Å². The first-order chi connectivity index (χ1) is 16.7. The number of carbonyl (C=O) groups excluding carboxylic acids is 3. The summed E-state index contributed by atoms with van der Waals surface area (Å²) in [6.45, 7) is 0. The highest BCUT2D eigenvalue weighted by Gasteiger charge is 2.45. The SMILES string of the molecule is O=C(C[C@H]1C(=O)N(c2ccc(F)cc2)C(=S)N1NC(=O)c1ccc(Cl)cc1)Nc1ccc(F)cc1. The molecule has 3 amide bonds. The number of nitrogens with zero attached hydrogens (tertiary/aromatic N) is 2. The number of hydrogen-bond donors (Lipinski definition) is 2. The molecule has 1 saturated heterocycles. The molecule has 11 heteroatoms.